The highest BCUT2D eigenvalue weighted by Gasteiger charge is 2.32. The van der Waals surface area contributed by atoms with Gasteiger partial charge in [-0.3, -0.25) is 4.21 Å². The van der Waals surface area contributed by atoms with Crippen LogP contribution in [0.3, 0.4) is 0 Å². The average molecular weight is 531 g/mol. The number of azo groups is 1. The zero-order valence-corrected chi connectivity index (χ0v) is 22.9. The first-order chi connectivity index (χ1) is 16.6. The Labute approximate surface area is 215 Å². The molecule has 3 rings (SSSR count). The number of sulfonamides is 1. The summed E-state index contributed by atoms with van der Waals surface area (Å²) in [5.74, 6) is -0.113. The maximum absolute atomic E-state index is 13.1. The fraction of sp³-hybridized carbons (Fsp3) is 0.385. The summed E-state index contributed by atoms with van der Waals surface area (Å²) in [7, 11) is -3.76. The zero-order chi connectivity index (χ0) is 26.9. The highest BCUT2D eigenvalue weighted by atomic mass is 32.2. The lowest BCUT2D eigenvalue weighted by molar-refractivity contribution is 0.216. The number of benzene rings is 3. The first-order valence-corrected chi connectivity index (χ1v) is 14.0. The van der Waals surface area contributed by atoms with Gasteiger partial charge in [-0.1, -0.05) is 53.7 Å². The number of phenols is 1. The number of fused-ring (bicyclic) bond motifs is 1. The van der Waals surface area contributed by atoms with Gasteiger partial charge in [-0.15, -0.1) is 5.11 Å². The molecule has 10 heteroatoms. The van der Waals surface area contributed by atoms with Gasteiger partial charge in [-0.25, -0.2) is 13.1 Å². The topological polar surface area (TPSA) is 131 Å². The van der Waals surface area contributed by atoms with Crippen LogP contribution in [0.5, 0.6) is 5.75 Å². The van der Waals surface area contributed by atoms with Crippen molar-refractivity contribution in [3.8, 4) is 5.75 Å². The van der Waals surface area contributed by atoms with Gasteiger partial charge in [-0.2, -0.15) is 5.11 Å². The molecule has 36 heavy (non-hydrogen) atoms. The third kappa shape index (κ3) is 6.97. The van der Waals surface area contributed by atoms with Gasteiger partial charge in [0.1, 0.15) is 11.4 Å². The van der Waals surface area contributed by atoms with Gasteiger partial charge in [0.2, 0.25) is 10.0 Å². The van der Waals surface area contributed by atoms with E-state index in [4.69, 9.17) is 0 Å². The Morgan fingerprint density at radius 1 is 0.972 bits per heavy atom. The highest BCUT2D eigenvalue weighted by molar-refractivity contribution is 7.89. The molecule has 3 aromatic carbocycles. The zero-order valence-electron chi connectivity index (χ0n) is 21.3. The van der Waals surface area contributed by atoms with Crippen molar-refractivity contribution in [2.45, 2.75) is 63.8 Å². The molecule has 194 valence electrons. The van der Waals surface area contributed by atoms with Crippen LogP contribution in [-0.2, 0) is 21.1 Å². The third-order valence-electron chi connectivity index (χ3n) is 5.71. The number of hydrogen-bond acceptors (Lipinski definition) is 7. The Bertz CT molecular complexity index is 1400. The minimum atomic E-state index is -3.76. The van der Waals surface area contributed by atoms with Crippen LogP contribution < -0.4 is 4.72 Å². The Morgan fingerprint density at radius 3 is 2.17 bits per heavy atom. The van der Waals surface area contributed by atoms with Crippen molar-refractivity contribution in [1.82, 2.24) is 4.72 Å². The predicted molar refractivity (Wildman–Crippen MR) is 141 cm³/mol. The monoisotopic (exact) mass is 530 g/mol. The molecule has 2 atom stereocenters. The Morgan fingerprint density at radius 2 is 1.61 bits per heavy atom. The molecule has 0 aliphatic heterocycles. The molecule has 0 spiro atoms. The van der Waals surface area contributed by atoms with Gasteiger partial charge in [-0.05, 0) is 76.2 Å². The van der Waals surface area contributed by atoms with E-state index in [2.05, 4.69) is 35.7 Å². The summed E-state index contributed by atoms with van der Waals surface area (Å²) in [6.45, 7) is 12.3. The van der Waals surface area contributed by atoms with Crippen LogP contribution in [-0.4, -0.2) is 28.3 Å². The largest absolute Gasteiger partial charge is 0.768 e. The molecular formula is C26H32N3O5S2-. The van der Waals surface area contributed by atoms with Crippen LogP contribution in [0.2, 0.25) is 0 Å². The second-order valence-electron chi connectivity index (χ2n) is 11.0. The fourth-order valence-electron chi connectivity index (χ4n) is 3.68. The van der Waals surface area contributed by atoms with Gasteiger partial charge in [0.25, 0.3) is 0 Å². The molecule has 2 unspecified atom stereocenters. The van der Waals surface area contributed by atoms with Gasteiger partial charge in [0, 0.05) is 16.3 Å². The molecule has 0 heterocycles. The van der Waals surface area contributed by atoms with Crippen molar-refractivity contribution in [2.24, 2.45) is 21.1 Å². The number of nitrogens with one attached hydrogen (secondary N) is 1. The van der Waals surface area contributed by atoms with E-state index in [0.717, 1.165) is 0 Å². The molecule has 0 aliphatic carbocycles. The van der Waals surface area contributed by atoms with Crippen LogP contribution in [0, 0.1) is 10.8 Å². The Kier molecular flexibility index (Phi) is 8.04. The summed E-state index contributed by atoms with van der Waals surface area (Å²) in [6, 6.07) is 13.2. The number of nitrogens with zero attached hydrogens (tertiary/aromatic N) is 2. The lowest BCUT2D eigenvalue weighted by atomic mass is 9.77. The predicted octanol–water partition coefficient (Wildman–Crippen LogP) is 6.33. The number of rotatable bonds is 7. The van der Waals surface area contributed by atoms with E-state index in [1.807, 2.05) is 20.8 Å². The quantitative estimate of drug-likeness (QED) is 0.272. The van der Waals surface area contributed by atoms with Crippen LogP contribution in [0.4, 0.5) is 11.4 Å². The summed E-state index contributed by atoms with van der Waals surface area (Å²) < 4.78 is 51.5. The van der Waals surface area contributed by atoms with Crippen LogP contribution >= 0.6 is 0 Å². The van der Waals surface area contributed by atoms with Crippen molar-refractivity contribution in [2.75, 3.05) is 0 Å². The summed E-state index contributed by atoms with van der Waals surface area (Å²) in [6.07, 6.45) is 0.683. The standard InChI is InChI=1S/C26H33N3O5S2/c1-25(2,3)16-23(26(4,5)6)29-36(33,34)20-11-8-18(9-12-20)27-28-24-21-13-10-19(35(31)32)15-17(21)7-14-22(24)30/h7-15,23,29-30H,16H2,1-6H3,(H,31,32)/p-1. The molecule has 0 amide bonds. The normalized spacial score (nSPS) is 14.9. The van der Waals surface area contributed by atoms with Gasteiger partial charge >= 0.3 is 0 Å². The molecule has 8 nitrogen and oxygen atoms in total. The van der Waals surface area contributed by atoms with E-state index >= 15 is 0 Å². The van der Waals surface area contributed by atoms with Gasteiger partial charge in [0.05, 0.1) is 10.6 Å². The lowest BCUT2D eigenvalue weighted by Gasteiger charge is -2.35. The summed E-state index contributed by atoms with van der Waals surface area (Å²) in [5, 5.41) is 19.7. The van der Waals surface area contributed by atoms with Crippen molar-refractivity contribution in [3.63, 3.8) is 0 Å². The smallest absolute Gasteiger partial charge is 0.240 e. The summed E-state index contributed by atoms with van der Waals surface area (Å²) >= 11 is -2.38. The van der Waals surface area contributed by atoms with Crippen molar-refractivity contribution < 1.29 is 22.3 Å². The molecule has 0 aromatic heterocycles. The average Bonchev–Trinajstić information content (AvgIpc) is 2.76. The van der Waals surface area contributed by atoms with E-state index in [-0.39, 0.29) is 38.1 Å². The van der Waals surface area contributed by atoms with E-state index in [0.29, 0.717) is 22.9 Å². The molecule has 0 aliphatic rings. The van der Waals surface area contributed by atoms with Crippen LogP contribution in [0.25, 0.3) is 10.8 Å². The van der Waals surface area contributed by atoms with Crippen molar-refractivity contribution in [3.05, 3.63) is 54.6 Å². The van der Waals surface area contributed by atoms with Crippen molar-refractivity contribution in [1.29, 1.82) is 0 Å². The molecule has 3 aromatic rings. The second-order valence-corrected chi connectivity index (χ2v) is 13.7. The maximum Gasteiger partial charge on any atom is 0.240 e. The molecule has 0 saturated carbocycles. The molecule has 0 bridgehead atoms. The SMILES string of the molecule is CC(C)(C)CC(NS(=O)(=O)c1ccc(N=Nc2c(O)ccc3cc(S(=O)[O-])ccc23)cc1)C(C)(C)C. The van der Waals surface area contributed by atoms with Crippen LogP contribution in [0.15, 0.2) is 74.6 Å². The van der Waals surface area contributed by atoms with E-state index in [1.54, 1.807) is 12.1 Å². The highest BCUT2D eigenvalue weighted by Crippen LogP contribution is 2.37. The minimum absolute atomic E-state index is 0.0501. The molecule has 2 N–H and O–H groups in total. The molecule has 0 fully saturated rings. The first kappa shape index (κ1) is 27.9. The van der Waals surface area contributed by atoms with E-state index < -0.39 is 21.1 Å². The third-order valence-corrected chi connectivity index (χ3v) is 7.83. The number of hydrogen-bond donors (Lipinski definition) is 2. The first-order valence-electron chi connectivity index (χ1n) is 11.5. The van der Waals surface area contributed by atoms with E-state index in [9.17, 15) is 22.3 Å². The summed E-state index contributed by atoms with van der Waals surface area (Å²) in [4.78, 5) is 0.244. The molecule has 0 radical (unpaired) electrons. The Balaban J connectivity index is 1.86. The second kappa shape index (κ2) is 10.4. The van der Waals surface area contributed by atoms with Gasteiger partial charge < -0.3 is 9.66 Å². The Hall–Kier alpha value is -2.66. The maximum atomic E-state index is 13.1. The number of aromatic hydroxyl groups is 1. The molecule has 0 saturated heterocycles. The van der Waals surface area contributed by atoms with E-state index in [1.165, 1.54) is 42.5 Å². The van der Waals surface area contributed by atoms with Crippen molar-refractivity contribution >= 4 is 43.3 Å². The van der Waals surface area contributed by atoms with Crippen LogP contribution in [0.1, 0.15) is 48.0 Å². The minimum Gasteiger partial charge on any atom is -0.768 e. The molecular weight excluding hydrogens is 498 g/mol. The fourth-order valence-corrected chi connectivity index (χ4v) is 5.53. The lowest BCUT2D eigenvalue weighted by Crippen LogP contribution is -2.45. The summed E-state index contributed by atoms with van der Waals surface area (Å²) in [5.41, 5.74) is 0.262. The number of phenolic OH excluding ortho intramolecular Hbond substituents is 1. The van der Waals surface area contributed by atoms with Gasteiger partial charge in [0.15, 0.2) is 0 Å².